The molecule has 0 radical (unpaired) electrons. The number of piperazine rings is 1. The molecule has 4 N–H and O–H groups in total. The van der Waals surface area contributed by atoms with Crippen molar-refractivity contribution in [1.82, 2.24) is 14.8 Å². The molecule has 2 heterocycles. The van der Waals surface area contributed by atoms with Gasteiger partial charge in [-0.1, -0.05) is 12.1 Å². The van der Waals surface area contributed by atoms with Crippen LogP contribution in [-0.4, -0.2) is 90.1 Å². The van der Waals surface area contributed by atoms with E-state index >= 15 is 0 Å². The fourth-order valence-corrected chi connectivity index (χ4v) is 5.24. The Morgan fingerprint density at radius 1 is 1.23 bits per heavy atom. The number of nitrogens with two attached hydrogens (primary N) is 1. The van der Waals surface area contributed by atoms with Crippen molar-refractivity contribution in [2.45, 2.75) is 45.6 Å². The Labute approximate surface area is 231 Å². The van der Waals surface area contributed by atoms with E-state index in [1.54, 1.807) is 18.5 Å². The van der Waals surface area contributed by atoms with E-state index in [-0.39, 0.29) is 18.4 Å². The zero-order valence-electron chi connectivity index (χ0n) is 23.4. The highest BCUT2D eigenvalue weighted by atomic mass is 19.1. The van der Waals surface area contributed by atoms with Gasteiger partial charge in [0, 0.05) is 73.7 Å². The summed E-state index contributed by atoms with van der Waals surface area (Å²) in [4.78, 5) is 17.3. The number of rotatable bonds is 8. The molecular formula is C30H42FN7O. The summed E-state index contributed by atoms with van der Waals surface area (Å²) in [5, 5.41) is 17.3. The molecule has 1 aliphatic heterocycles. The van der Waals surface area contributed by atoms with E-state index in [1.807, 2.05) is 19.1 Å². The average Bonchev–Trinajstić information content (AvgIpc) is 2.94. The van der Waals surface area contributed by atoms with Crippen LogP contribution in [0, 0.1) is 11.2 Å². The minimum Gasteiger partial charge on any atom is -0.395 e. The summed E-state index contributed by atoms with van der Waals surface area (Å²) >= 11 is 0. The number of hydrogen-bond acceptors (Lipinski definition) is 8. The molecule has 9 heteroatoms. The third-order valence-corrected chi connectivity index (χ3v) is 7.34. The lowest BCUT2D eigenvalue weighted by atomic mass is 9.78. The van der Waals surface area contributed by atoms with Crippen molar-refractivity contribution in [2.75, 3.05) is 46.0 Å². The molecule has 0 spiro atoms. The van der Waals surface area contributed by atoms with Gasteiger partial charge in [-0.05, 0) is 75.6 Å². The number of pyridine rings is 1. The van der Waals surface area contributed by atoms with Crippen molar-refractivity contribution < 1.29 is 9.50 Å². The molecule has 1 unspecified atom stereocenters. The molecule has 1 aliphatic carbocycles. The van der Waals surface area contributed by atoms with E-state index in [1.165, 1.54) is 12.1 Å². The highest BCUT2D eigenvalue weighted by Crippen LogP contribution is 2.40. The SMILES string of the molecule is C=NC1=C(/C(C)=N\CN)C(=N)CC(c2ccc(F)cc2-c2cccnc2)C1.CC(C)N1CCN(CCO)CC1. The number of β-amino-alcohol motifs (C(OH)–C–C–N with tert-alkyl or cyclic N) is 1. The lowest BCUT2D eigenvalue weighted by molar-refractivity contribution is 0.0939. The molecule has 0 bridgehead atoms. The topological polar surface area (TPSA) is 114 Å². The number of aromatic nitrogens is 1. The second kappa shape index (κ2) is 14.9. The smallest absolute Gasteiger partial charge is 0.123 e. The molecule has 0 saturated carbocycles. The summed E-state index contributed by atoms with van der Waals surface area (Å²) in [5.74, 6) is -0.295. The fraction of sp³-hybridized carbons (Fsp3) is 0.467. The third-order valence-electron chi connectivity index (χ3n) is 7.34. The summed E-state index contributed by atoms with van der Waals surface area (Å²) in [6.07, 6.45) is 4.54. The van der Waals surface area contributed by atoms with Crippen LogP contribution in [0.3, 0.4) is 0 Å². The highest BCUT2D eigenvalue weighted by Gasteiger charge is 2.29. The van der Waals surface area contributed by atoms with Crippen molar-refractivity contribution >= 4 is 18.1 Å². The van der Waals surface area contributed by atoms with Gasteiger partial charge < -0.3 is 16.2 Å². The molecule has 1 fully saturated rings. The number of nitrogens with one attached hydrogen (secondary N) is 1. The van der Waals surface area contributed by atoms with Crippen LogP contribution in [0.15, 0.2) is 64.0 Å². The minimum atomic E-state index is -0.298. The van der Waals surface area contributed by atoms with Gasteiger partial charge in [0.25, 0.3) is 0 Å². The van der Waals surface area contributed by atoms with Crippen LogP contribution in [-0.2, 0) is 0 Å². The Balaban J connectivity index is 0.000000293. The second-order valence-electron chi connectivity index (χ2n) is 10.2. The largest absolute Gasteiger partial charge is 0.395 e. The first kappa shape index (κ1) is 30.4. The summed E-state index contributed by atoms with van der Waals surface area (Å²) in [6, 6.07) is 9.18. The number of aliphatic hydroxyl groups is 1. The van der Waals surface area contributed by atoms with Gasteiger partial charge in [0.15, 0.2) is 0 Å². The summed E-state index contributed by atoms with van der Waals surface area (Å²) in [6.45, 7) is 15.8. The van der Waals surface area contributed by atoms with Crippen molar-refractivity contribution in [1.29, 1.82) is 5.41 Å². The molecule has 1 aromatic heterocycles. The van der Waals surface area contributed by atoms with E-state index in [2.05, 4.69) is 45.3 Å². The number of halogens is 1. The molecule has 1 aromatic carbocycles. The van der Waals surface area contributed by atoms with Gasteiger partial charge in [-0.2, -0.15) is 0 Å². The van der Waals surface area contributed by atoms with Crippen molar-refractivity contribution in [3.05, 3.63) is 65.4 Å². The Kier molecular flexibility index (Phi) is 11.6. The minimum absolute atomic E-state index is 0.00299. The Hall–Kier alpha value is -3.11. The lowest BCUT2D eigenvalue weighted by Crippen LogP contribution is -2.49. The predicted molar refractivity (Wildman–Crippen MR) is 158 cm³/mol. The maximum atomic E-state index is 13.9. The molecule has 2 aromatic rings. The molecule has 8 nitrogen and oxygen atoms in total. The van der Waals surface area contributed by atoms with Crippen LogP contribution in [0.5, 0.6) is 0 Å². The molecule has 4 rings (SSSR count). The quantitative estimate of drug-likeness (QED) is 0.440. The fourth-order valence-electron chi connectivity index (χ4n) is 5.24. The maximum absolute atomic E-state index is 13.9. The average molecular weight is 536 g/mol. The van der Waals surface area contributed by atoms with Gasteiger partial charge in [0.1, 0.15) is 5.82 Å². The van der Waals surface area contributed by atoms with Gasteiger partial charge in [-0.3, -0.25) is 24.8 Å². The second-order valence-corrected chi connectivity index (χ2v) is 10.2. The highest BCUT2D eigenvalue weighted by molar-refractivity contribution is 6.23. The molecule has 39 heavy (non-hydrogen) atoms. The Morgan fingerprint density at radius 3 is 2.56 bits per heavy atom. The summed E-state index contributed by atoms with van der Waals surface area (Å²) in [5.41, 5.74) is 10.7. The maximum Gasteiger partial charge on any atom is 0.123 e. The number of aliphatic hydroxyl groups excluding tert-OH is 1. The standard InChI is InChI=1S/C21H22FN5.C9H20N2O/c1-13(27-12-23)21-19(24)8-15(9-20(21)25-2)17-6-5-16(22)10-18(17)14-4-3-7-26-11-14;1-9(2)11-5-3-10(4-6-11)7-8-12/h3-7,10-11,15,24H,2,8-9,12,23H2,1H3;9,12H,3-8H2,1-2H3/b24-19?,27-13-;. The molecule has 1 saturated heterocycles. The van der Waals surface area contributed by atoms with E-state index in [0.717, 1.165) is 60.7 Å². The van der Waals surface area contributed by atoms with Gasteiger partial charge in [0.05, 0.1) is 19.0 Å². The van der Waals surface area contributed by atoms with Gasteiger partial charge in [-0.25, -0.2) is 4.39 Å². The first-order chi connectivity index (χ1) is 18.8. The van der Waals surface area contributed by atoms with Crippen LogP contribution in [0.4, 0.5) is 4.39 Å². The molecule has 210 valence electrons. The third kappa shape index (κ3) is 8.19. The zero-order chi connectivity index (χ0) is 28.4. The molecule has 0 amide bonds. The predicted octanol–water partition coefficient (Wildman–Crippen LogP) is 4.12. The number of benzene rings is 1. The normalized spacial score (nSPS) is 19.2. The van der Waals surface area contributed by atoms with Crippen molar-refractivity contribution in [3.8, 4) is 11.1 Å². The molecule has 2 aliphatic rings. The van der Waals surface area contributed by atoms with Crippen LogP contribution < -0.4 is 5.73 Å². The van der Waals surface area contributed by atoms with Crippen LogP contribution >= 0.6 is 0 Å². The van der Waals surface area contributed by atoms with Crippen LogP contribution in [0.2, 0.25) is 0 Å². The zero-order valence-corrected chi connectivity index (χ0v) is 23.4. The van der Waals surface area contributed by atoms with E-state index < -0.39 is 0 Å². The van der Waals surface area contributed by atoms with E-state index in [9.17, 15) is 4.39 Å². The van der Waals surface area contributed by atoms with E-state index in [0.29, 0.717) is 36.9 Å². The number of nitrogens with zero attached hydrogens (tertiary/aromatic N) is 5. The van der Waals surface area contributed by atoms with Crippen LogP contribution in [0.25, 0.3) is 11.1 Å². The van der Waals surface area contributed by atoms with Crippen molar-refractivity contribution in [3.63, 3.8) is 0 Å². The first-order valence-electron chi connectivity index (χ1n) is 13.5. The number of hydrogen-bond donors (Lipinski definition) is 3. The Bertz CT molecular complexity index is 1170. The lowest BCUT2D eigenvalue weighted by Gasteiger charge is -2.36. The Morgan fingerprint density at radius 2 is 1.97 bits per heavy atom. The van der Waals surface area contributed by atoms with Crippen LogP contribution in [0.1, 0.15) is 45.1 Å². The number of allylic oxidation sites excluding steroid dienone is 2. The first-order valence-corrected chi connectivity index (χ1v) is 13.5. The monoisotopic (exact) mass is 535 g/mol. The summed E-state index contributed by atoms with van der Waals surface area (Å²) < 4.78 is 13.9. The van der Waals surface area contributed by atoms with E-state index in [4.69, 9.17) is 16.2 Å². The molecule has 1 atom stereocenters. The van der Waals surface area contributed by atoms with Gasteiger partial charge in [-0.15, -0.1) is 0 Å². The van der Waals surface area contributed by atoms with Gasteiger partial charge in [0.2, 0.25) is 0 Å². The summed E-state index contributed by atoms with van der Waals surface area (Å²) in [7, 11) is 0. The number of aliphatic imine (C=N–C) groups is 2. The van der Waals surface area contributed by atoms with Gasteiger partial charge >= 0.3 is 0 Å². The molecular weight excluding hydrogens is 493 g/mol. The van der Waals surface area contributed by atoms with Crippen molar-refractivity contribution in [2.24, 2.45) is 15.7 Å².